The van der Waals surface area contributed by atoms with Gasteiger partial charge in [-0.1, -0.05) is 35.9 Å². The van der Waals surface area contributed by atoms with Gasteiger partial charge in [-0.15, -0.1) is 0 Å². The zero-order chi connectivity index (χ0) is 47.3. The molecule has 8 rings (SSSR count). The van der Waals surface area contributed by atoms with E-state index >= 15 is 0 Å². The summed E-state index contributed by atoms with van der Waals surface area (Å²) in [6.07, 6.45) is 8.16. The van der Waals surface area contributed by atoms with Crippen LogP contribution >= 0.6 is 27.5 Å². The van der Waals surface area contributed by atoms with Gasteiger partial charge in [-0.3, -0.25) is 4.79 Å². The Hall–Kier alpha value is -5.78. The van der Waals surface area contributed by atoms with Crippen LogP contribution in [0.25, 0.3) is 5.69 Å². The van der Waals surface area contributed by atoms with Crippen molar-refractivity contribution in [1.29, 1.82) is 0 Å². The lowest BCUT2D eigenvalue weighted by Crippen LogP contribution is -2.40. The maximum Gasteiger partial charge on any atom is 0.408 e. The number of hydrogen-bond donors (Lipinski definition) is 3. The fraction of sp³-hybridized carbons (Fsp3) is 0.417. The molecule has 2 saturated carbocycles. The first-order chi connectivity index (χ1) is 31.2. The Morgan fingerprint density at radius 2 is 1.27 bits per heavy atom. The Morgan fingerprint density at radius 3 is 1.70 bits per heavy atom. The van der Waals surface area contributed by atoms with Gasteiger partial charge in [0.15, 0.2) is 5.67 Å². The molecule has 0 unspecified atom stereocenters. The molecule has 0 spiro atoms. The van der Waals surface area contributed by atoms with Crippen molar-refractivity contribution >= 4 is 45.4 Å². The average Bonchev–Trinajstić information content (AvgIpc) is 4.20. The Balaban J connectivity index is 0.000000221. The van der Waals surface area contributed by atoms with Gasteiger partial charge in [-0.05, 0) is 144 Å². The molecule has 0 bridgehead atoms. The van der Waals surface area contributed by atoms with Gasteiger partial charge in [0.2, 0.25) is 11.8 Å². The number of alkyl carbamates (subject to hydrolysis) is 2. The number of carbonyl (C=O) groups is 2. The largest absolute Gasteiger partial charge is 0.444 e. The fourth-order valence-corrected chi connectivity index (χ4v) is 7.51. The van der Waals surface area contributed by atoms with Crippen LogP contribution in [0.5, 0.6) is 23.3 Å². The average molecular weight is 991 g/mol. The molecular formula is C48H54BrClFN7O8. The van der Waals surface area contributed by atoms with Gasteiger partial charge in [0, 0.05) is 29.4 Å². The first-order valence-corrected chi connectivity index (χ1v) is 22.8. The van der Waals surface area contributed by atoms with Crippen LogP contribution in [0.1, 0.15) is 91.2 Å². The van der Waals surface area contributed by atoms with Gasteiger partial charge in [-0.25, -0.2) is 23.9 Å². The van der Waals surface area contributed by atoms with E-state index in [0.717, 1.165) is 46.0 Å². The lowest BCUT2D eigenvalue weighted by atomic mass is 9.99. The molecule has 18 heteroatoms. The second-order valence-corrected chi connectivity index (χ2v) is 19.9. The number of halogens is 3. The van der Waals surface area contributed by atoms with Gasteiger partial charge in [-0.2, -0.15) is 9.78 Å². The van der Waals surface area contributed by atoms with Crippen molar-refractivity contribution in [3.63, 3.8) is 0 Å². The Kier molecular flexibility index (Phi) is 14.3. The summed E-state index contributed by atoms with van der Waals surface area (Å²) in [5, 5.41) is 12.9. The third-order valence-corrected chi connectivity index (χ3v) is 11.5. The van der Waals surface area contributed by atoms with Crippen LogP contribution in [-0.4, -0.2) is 68.6 Å². The minimum atomic E-state index is -1.52. The van der Waals surface area contributed by atoms with Crippen molar-refractivity contribution in [2.75, 3.05) is 25.1 Å². The number of rotatable bonds is 12. The molecule has 3 aromatic heterocycles. The Bertz CT molecular complexity index is 2540. The van der Waals surface area contributed by atoms with E-state index in [0.29, 0.717) is 48.4 Å². The molecule has 2 amide bonds. The molecule has 3 fully saturated rings. The van der Waals surface area contributed by atoms with Gasteiger partial charge in [0.05, 0.1) is 48.0 Å². The summed E-state index contributed by atoms with van der Waals surface area (Å²) in [7, 11) is 0. The van der Waals surface area contributed by atoms with Crippen LogP contribution in [-0.2, 0) is 25.3 Å². The first-order valence-electron chi connectivity index (χ1n) is 21.7. The highest BCUT2D eigenvalue weighted by Gasteiger charge is 2.47. The molecule has 1 saturated heterocycles. The summed E-state index contributed by atoms with van der Waals surface area (Å²) >= 11 is 9.63. The van der Waals surface area contributed by atoms with Gasteiger partial charge >= 0.3 is 12.2 Å². The van der Waals surface area contributed by atoms with E-state index in [1.54, 1.807) is 36.5 Å². The van der Waals surface area contributed by atoms with Crippen LogP contribution in [0.3, 0.4) is 0 Å². The monoisotopic (exact) mass is 989 g/mol. The zero-order valence-electron chi connectivity index (χ0n) is 37.7. The highest BCUT2D eigenvalue weighted by Crippen LogP contribution is 2.47. The van der Waals surface area contributed by atoms with E-state index in [-0.39, 0.29) is 35.5 Å². The van der Waals surface area contributed by atoms with Gasteiger partial charge in [0.25, 0.3) is 5.56 Å². The minimum Gasteiger partial charge on any atom is -0.444 e. The number of nitrogens with zero attached hydrogens (tertiary/aromatic N) is 4. The molecule has 15 nitrogen and oxygen atoms in total. The molecule has 3 N–H and O–H groups in total. The molecule has 66 heavy (non-hydrogen) atoms. The number of aromatic nitrogens is 4. The van der Waals surface area contributed by atoms with E-state index < -0.39 is 34.1 Å². The number of amides is 2. The smallest absolute Gasteiger partial charge is 0.408 e. The number of alkyl halides is 1. The number of benzene rings is 2. The Morgan fingerprint density at radius 1 is 0.758 bits per heavy atom. The van der Waals surface area contributed by atoms with Crippen LogP contribution < -0.4 is 31.0 Å². The predicted molar refractivity (Wildman–Crippen MR) is 251 cm³/mol. The molecule has 0 radical (unpaired) electrons. The van der Waals surface area contributed by atoms with Crippen LogP contribution in [0.15, 0.2) is 101 Å². The molecule has 1 atom stereocenters. The van der Waals surface area contributed by atoms with E-state index in [4.69, 9.17) is 35.3 Å². The Labute approximate surface area is 396 Å². The number of anilines is 1. The summed E-state index contributed by atoms with van der Waals surface area (Å²) in [4.78, 5) is 45.7. The SMILES string of the molecule is CC(C)(C)OC(=O)NC1(c2ccc(Oc3ccc(-n4ncc(NC[C@]5(F)CCCOC5)c(Cl)c4=O)cn3)cc2)CC1.CC(C)(C)OC(=O)NC1(c2ccc(Oc3ccc(Br)cn3)cc2)CC1. The van der Waals surface area contributed by atoms with Crippen LogP contribution in [0.4, 0.5) is 19.7 Å². The van der Waals surface area contributed by atoms with Gasteiger partial charge < -0.3 is 39.6 Å². The second-order valence-electron chi connectivity index (χ2n) is 18.6. The zero-order valence-corrected chi connectivity index (χ0v) is 40.1. The summed E-state index contributed by atoms with van der Waals surface area (Å²) < 4.78 is 44.4. The molecule has 5 aromatic rings. The van der Waals surface area contributed by atoms with Crippen molar-refractivity contribution in [3.05, 3.63) is 122 Å². The molecule has 2 aromatic carbocycles. The van der Waals surface area contributed by atoms with Crippen molar-refractivity contribution in [2.24, 2.45) is 0 Å². The number of ether oxygens (including phenoxy) is 5. The van der Waals surface area contributed by atoms with Crippen molar-refractivity contribution in [3.8, 4) is 28.9 Å². The molecular weight excluding hydrogens is 937 g/mol. The van der Waals surface area contributed by atoms with Crippen molar-refractivity contribution in [2.45, 2.75) is 108 Å². The van der Waals surface area contributed by atoms with Crippen molar-refractivity contribution in [1.82, 2.24) is 30.4 Å². The summed E-state index contributed by atoms with van der Waals surface area (Å²) in [5.41, 5.74) is -1.25. The summed E-state index contributed by atoms with van der Waals surface area (Å²) in [6.45, 7) is 11.6. The van der Waals surface area contributed by atoms with E-state index in [2.05, 4.69) is 46.9 Å². The number of hydrogen-bond acceptors (Lipinski definition) is 12. The van der Waals surface area contributed by atoms with Crippen molar-refractivity contribution < 1.29 is 37.7 Å². The lowest BCUT2D eigenvalue weighted by Gasteiger charge is -2.29. The molecule has 350 valence electrons. The molecule has 2 aliphatic carbocycles. The second kappa shape index (κ2) is 19.6. The highest BCUT2D eigenvalue weighted by atomic mass is 79.9. The van der Waals surface area contributed by atoms with Crippen LogP contribution in [0, 0.1) is 0 Å². The van der Waals surface area contributed by atoms with E-state index in [9.17, 15) is 18.8 Å². The minimum absolute atomic E-state index is 0.00156. The normalized spacial score (nSPS) is 18.1. The topological polar surface area (TPSA) is 177 Å². The van der Waals surface area contributed by atoms with Crippen LogP contribution in [0.2, 0.25) is 5.02 Å². The third kappa shape index (κ3) is 13.0. The number of pyridine rings is 2. The maximum absolute atomic E-state index is 14.8. The number of nitrogens with one attached hydrogen (secondary N) is 3. The third-order valence-electron chi connectivity index (χ3n) is 10.7. The van der Waals surface area contributed by atoms with E-state index in [1.807, 2.05) is 84.0 Å². The van der Waals surface area contributed by atoms with E-state index in [1.165, 1.54) is 12.4 Å². The standard InChI is InChI=1S/C29H33ClFN5O5.C19H21BrN2O3/c1-27(2,3)41-26(38)35-29(12-13-29)19-5-8-21(9-6-19)40-23-10-7-20(15-32-23)36-25(37)24(30)22(16-34-36)33-17-28(31)11-4-14-39-18-28;1-18(2,3)25-17(23)22-19(10-11-19)13-4-7-15(8-5-13)24-16-9-6-14(20)12-21-16/h5-10,15-16,33H,4,11-14,17-18H2,1-3H3,(H,35,38);4-9,12H,10-11H2,1-3H3,(H,22,23)/t28-;/m1./s1. The molecule has 3 aliphatic rings. The number of carbonyl (C=O) groups excluding carboxylic acids is 2. The fourth-order valence-electron chi connectivity index (χ4n) is 7.08. The quantitative estimate of drug-likeness (QED) is 0.108. The lowest BCUT2D eigenvalue weighted by molar-refractivity contribution is -0.0234. The highest BCUT2D eigenvalue weighted by molar-refractivity contribution is 9.10. The molecule has 1 aliphatic heterocycles. The maximum atomic E-state index is 14.8. The first kappa shape index (κ1) is 48.2. The van der Waals surface area contributed by atoms with Gasteiger partial charge in [0.1, 0.15) is 27.7 Å². The summed E-state index contributed by atoms with van der Waals surface area (Å²) in [5.74, 6) is 2.11. The molecule has 4 heterocycles. The predicted octanol–water partition coefficient (Wildman–Crippen LogP) is 10.7. The summed E-state index contributed by atoms with van der Waals surface area (Å²) in [6, 6.07) is 22.0.